The Kier molecular flexibility index (Phi) is 2.78. The Balaban J connectivity index is 1.92. The molecule has 2 aromatic heterocycles. The quantitative estimate of drug-likeness (QED) is 0.582. The third kappa shape index (κ3) is 1.84. The fourth-order valence-corrected chi connectivity index (χ4v) is 3.20. The summed E-state index contributed by atoms with van der Waals surface area (Å²) in [6.07, 6.45) is 1.86. The molecule has 0 saturated heterocycles. The molecule has 1 aliphatic rings. The predicted octanol–water partition coefficient (Wildman–Crippen LogP) is 3.99. The van der Waals surface area contributed by atoms with Crippen molar-refractivity contribution in [3.63, 3.8) is 0 Å². The van der Waals surface area contributed by atoms with E-state index in [1.54, 1.807) is 0 Å². The molecular formula is C14H8ClIN2O2. The van der Waals surface area contributed by atoms with Gasteiger partial charge in [-0.05, 0) is 52.9 Å². The van der Waals surface area contributed by atoms with E-state index in [2.05, 4.69) is 27.6 Å². The third-order valence-electron chi connectivity index (χ3n) is 3.17. The van der Waals surface area contributed by atoms with Crippen LogP contribution in [0.4, 0.5) is 0 Å². The van der Waals surface area contributed by atoms with Crippen molar-refractivity contribution in [3.8, 4) is 22.8 Å². The van der Waals surface area contributed by atoms with E-state index in [0.29, 0.717) is 5.02 Å². The van der Waals surface area contributed by atoms with Gasteiger partial charge in [0.05, 0.1) is 5.02 Å². The molecule has 1 aromatic carbocycles. The van der Waals surface area contributed by atoms with Crippen LogP contribution in [0.25, 0.3) is 16.9 Å². The minimum atomic E-state index is 0.274. The number of hydrogen-bond acceptors (Lipinski definition) is 3. The van der Waals surface area contributed by atoms with Crippen LogP contribution in [0.2, 0.25) is 5.02 Å². The number of imidazole rings is 1. The summed E-state index contributed by atoms with van der Waals surface area (Å²) < 4.78 is 13.7. The van der Waals surface area contributed by atoms with E-state index in [0.717, 1.165) is 32.1 Å². The number of fused-ring (bicyclic) bond motifs is 2. The van der Waals surface area contributed by atoms with Gasteiger partial charge < -0.3 is 9.47 Å². The van der Waals surface area contributed by atoms with Gasteiger partial charge in [-0.3, -0.25) is 4.40 Å². The van der Waals surface area contributed by atoms with E-state index in [1.165, 1.54) is 0 Å². The molecule has 1 aliphatic heterocycles. The molecule has 0 fully saturated rings. The maximum atomic E-state index is 6.03. The van der Waals surface area contributed by atoms with Gasteiger partial charge in [-0.2, -0.15) is 0 Å². The maximum absolute atomic E-state index is 6.03. The molecule has 0 radical (unpaired) electrons. The molecule has 0 unspecified atom stereocenters. The first kappa shape index (κ1) is 12.3. The first-order chi connectivity index (χ1) is 9.72. The Hall–Kier alpha value is -1.47. The minimum absolute atomic E-state index is 0.274. The molecule has 0 aliphatic carbocycles. The molecule has 0 atom stereocenters. The molecule has 0 N–H and O–H groups in total. The van der Waals surface area contributed by atoms with Crippen LogP contribution >= 0.6 is 34.2 Å². The highest BCUT2D eigenvalue weighted by molar-refractivity contribution is 14.1. The van der Waals surface area contributed by atoms with Crippen molar-refractivity contribution < 1.29 is 9.47 Å². The van der Waals surface area contributed by atoms with Crippen LogP contribution in [0.1, 0.15) is 0 Å². The zero-order valence-electron chi connectivity index (χ0n) is 10.1. The lowest BCUT2D eigenvalue weighted by atomic mass is 10.1. The van der Waals surface area contributed by atoms with E-state index in [9.17, 15) is 0 Å². The zero-order valence-corrected chi connectivity index (χ0v) is 13.1. The standard InChI is InChI=1S/C14H8ClIN2O2/c15-9-2-4-12-17-13(14(16)18(12)6-9)8-1-3-10-11(5-8)20-7-19-10/h1-6H,7H2. The van der Waals surface area contributed by atoms with E-state index in [4.69, 9.17) is 21.1 Å². The Morgan fingerprint density at radius 1 is 1.15 bits per heavy atom. The minimum Gasteiger partial charge on any atom is -0.454 e. The third-order valence-corrected chi connectivity index (χ3v) is 4.42. The van der Waals surface area contributed by atoms with Gasteiger partial charge >= 0.3 is 0 Å². The highest BCUT2D eigenvalue weighted by Crippen LogP contribution is 2.37. The lowest BCUT2D eigenvalue weighted by molar-refractivity contribution is 0.174. The van der Waals surface area contributed by atoms with Crippen LogP contribution in [-0.4, -0.2) is 16.2 Å². The summed E-state index contributed by atoms with van der Waals surface area (Å²) in [6, 6.07) is 9.59. The van der Waals surface area contributed by atoms with Crippen molar-refractivity contribution in [2.24, 2.45) is 0 Å². The zero-order chi connectivity index (χ0) is 13.7. The Morgan fingerprint density at radius 3 is 2.90 bits per heavy atom. The highest BCUT2D eigenvalue weighted by Gasteiger charge is 2.17. The molecule has 0 saturated carbocycles. The van der Waals surface area contributed by atoms with Crippen molar-refractivity contribution in [1.29, 1.82) is 0 Å². The summed E-state index contributed by atoms with van der Waals surface area (Å²) in [5.41, 5.74) is 2.77. The first-order valence-corrected chi connectivity index (χ1v) is 7.41. The fourth-order valence-electron chi connectivity index (χ4n) is 2.22. The van der Waals surface area contributed by atoms with Crippen LogP contribution in [0.3, 0.4) is 0 Å². The molecule has 3 heterocycles. The largest absolute Gasteiger partial charge is 0.454 e. The molecule has 0 amide bonds. The molecule has 100 valence electrons. The number of aromatic nitrogens is 2. The Labute approximate surface area is 133 Å². The van der Waals surface area contributed by atoms with Crippen LogP contribution in [0.15, 0.2) is 36.5 Å². The fraction of sp³-hybridized carbons (Fsp3) is 0.0714. The van der Waals surface area contributed by atoms with Gasteiger partial charge in [-0.25, -0.2) is 4.98 Å². The van der Waals surface area contributed by atoms with Crippen molar-refractivity contribution >= 4 is 39.8 Å². The van der Waals surface area contributed by atoms with E-state index >= 15 is 0 Å². The van der Waals surface area contributed by atoms with Crippen molar-refractivity contribution in [2.45, 2.75) is 0 Å². The molecule has 3 aromatic rings. The number of hydrogen-bond donors (Lipinski definition) is 0. The topological polar surface area (TPSA) is 35.8 Å². The summed E-state index contributed by atoms with van der Waals surface area (Å²) in [5, 5.41) is 0.685. The molecule has 20 heavy (non-hydrogen) atoms. The molecule has 4 nitrogen and oxygen atoms in total. The molecule has 4 rings (SSSR count). The van der Waals surface area contributed by atoms with Gasteiger partial charge in [-0.15, -0.1) is 0 Å². The van der Waals surface area contributed by atoms with Gasteiger partial charge in [-0.1, -0.05) is 11.6 Å². The second kappa shape index (κ2) is 4.53. The van der Waals surface area contributed by atoms with Crippen LogP contribution in [0, 0.1) is 3.70 Å². The summed E-state index contributed by atoms with van der Waals surface area (Å²) in [4.78, 5) is 4.65. The van der Waals surface area contributed by atoms with Gasteiger partial charge in [0.1, 0.15) is 15.0 Å². The Bertz CT molecular complexity index is 831. The lowest BCUT2D eigenvalue weighted by Crippen LogP contribution is -1.92. The Morgan fingerprint density at radius 2 is 2.00 bits per heavy atom. The van der Waals surface area contributed by atoms with E-state index < -0.39 is 0 Å². The molecular weight excluding hydrogens is 391 g/mol. The number of ether oxygens (including phenoxy) is 2. The van der Waals surface area contributed by atoms with Gasteiger partial charge in [0.25, 0.3) is 0 Å². The van der Waals surface area contributed by atoms with Gasteiger partial charge in [0, 0.05) is 11.8 Å². The maximum Gasteiger partial charge on any atom is 0.231 e. The highest BCUT2D eigenvalue weighted by atomic mass is 127. The van der Waals surface area contributed by atoms with Crippen LogP contribution in [0.5, 0.6) is 11.5 Å². The summed E-state index contributed by atoms with van der Waals surface area (Å²) in [7, 11) is 0. The summed E-state index contributed by atoms with van der Waals surface area (Å²) >= 11 is 8.31. The summed E-state index contributed by atoms with van der Waals surface area (Å²) in [5.74, 6) is 1.53. The lowest BCUT2D eigenvalue weighted by Gasteiger charge is -2.01. The summed E-state index contributed by atoms with van der Waals surface area (Å²) in [6.45, 7) is 0.274. The van der Waals surface area contributed by atoms with Crippen molar-refractivity contribution in [1.82, 2.24) is 9.38 Å². The second-order valence-electron chi connectivity index (χ2n) is 4.39. The van der Waals surface area contributed by atoms with Gasteiger partial charge in [0.15, 0.2) is 11.5 Å². The number of pyridine rings is 1. The monoisotopic (exact) mass is 398 g/mol. The van der Waals surface area contributed by atoms with Crippen LogP contribution < -0.4 is 9.47 Å². The van der Waals surface area contributed by atoms with E-state index in [-0.39, 0.29) is 6.79 Å². The number of benzene rings is 1. The van der Waals surface area contributed by atoms with E-state index in [1.807, 2.05) is 40.9 Å². The normalized spacial score (nSPS) is 13.1. The average molecular weight is 399 g/mol. The number of nitrogens with zero attached hydrogens (tertiary/aromatic N) is 2. The first-order valence-electron chi connectivity index (χ1n) is 5.95. The number of halogens is 2. The van der Waals surface area contributed by atoms with Crippen LogP contribution in [-0.2, 0) is 0 Å². The molecule has 0 bridgehead atoms. The van der Waals surface area contributed by atoms with Gasteiger partial charge in [0.2, 0.25) is 6.79 Å². The van der Waals surface area contributed by atoms with Crippen molar-refractivity contribution in [3.05, 3.63) is 45.3 Å². The smallest absolute Gasteiger partial charge is 0.231 e. The number of rotatable bonds is 1. The molecule has 0 spiro atoms. The second-order valence-corrected chi connectivity index (χ2v) is 5.85. The average Bonchev–Trinajstić information content (AvgIpc) is 3.03. The molecule has 6 heteroatoms. The van der Waals surface area contributed by atoms with Crippen molar-refractivity contribution in [2.75, 3.05) is 6.79 Å². The predicted molar refractivity (Wildman–Crippen MR) is 84.5 cm³/mol. The SMILES string of the molecule is Clc1ccc2nc(-c3ccc4c(c3)OCO4)c(I)n2c1.